The summed E-state index contributed by atoms with van der Waals surface area (Å²) in [7, 11) is -4.40. The maximum Gasteiger partial charge on any atom is 0.297 e. The molecule has 0 unspecified atom stereocenters. The molecule has 0 atom stereocenters. The molecule has 2 rings (SSSR count). The van der Waals surface area contributed by atoms with Gasteiger partial charge in [-0.3, -0.25) is 19.3 Å². The molecule has 1 heterocycles. The molecule has 2 amide bonds. The number of hydroxylamine groups is 2. The van der Waals surface area contributed by atoms with Gasteiger partial charge in [-0.2, -0.15) is 13.5 Å². The van der Waals surface area contributed by atoms with Crippen molar-refractivity contribution >= 4 is 56.7 Å². The second kappa shape index (κ2) is 6.91. The third kappa shape index (κ3) is 4.80. The van der Waals surface area contributed by atoms with E-state index < -0.39 is 26.8 Å². The van der Waals surface area contributed by atoms with E-state index in [0.29, 0.717) is 0 Å². The number of hydrogen-bond acceptors (Lipinski definition) is 5. The SMILES string of the molecule is O=C1CCC(=O)N1O.O=S(=O)(O)c1c(Cl)cc(Cl)cc1Cl. The van der Waals surface area contributed by atoms with Crippen LogP contribution in [0.5, 0.6) is 0 Å². The Morgan fingerprint density at radius 1 is 1.00 bits per heavy atom. The van der Waals surface area contributed by atoms with E-state index in [2.05, 4.69) is 0 Å². The molecular formula is C10H8Cl3NO6S. The lowest BCUT2D eigenvalue weighted by Gasteiger charge is -2.03. The summed E-state index contributed by atoms with van der Waals surface area (Å²) in [5.41, 5.74) is 0. The van der Waals surface area contributed by atoms with Gasteiger partial charge in [0, 0.05) is 17.9 Å². The molecule has 1 aliphatic heterocycles. The molecular weight excluding hydrogens is 369 g/mol. The molecule has 1 fully saturated rings. The van der Waals surface area contributed by atoms with Crippen molar-refractivity contribution in [2.45, 2.75) is 17.7 Å². The highest BCUT2D eigenvalue weighted by Gasteiger charge is 2.26. The molecule has 2 N–H and O–H groups in total. The highest BCUT2D eigenvalue weighted by atomic mass is 35.5. The molecule has 0 aliphatic carbocycles. The van der Waals surface area contributed by atoms with Gasteiger partial charge in [-0.1, -0.05) is 34.8 Å². The average molecular weight is 377 g/mol. The number of halogens is 3. The first-order valence-electron chi connectivity index (χ1n) is 5.20. The summed E-state index contributed by atoms with van der Waals surface area (Å²) in [6.45, 7) is 0. The Hall–Kier alpha value is -0.900. The molecule has 0 saturated carbocycles. The van der Waals surface area contributed by atoms with E-state index in [0.717, 1.165) is 0 Å². The van der Waals surface area contributed by atoms with Crippen LogP contribution in [0.4, 0.5) is 0 Å². The fourth-order valence-electron chi connectivity index (χ4n) is 1.34. The molecule has 11 heteroatoms. The molecule has 0 aromatic heterocycles. The number of rotatable bonds is 1. The first kappa shape index (κ1) is 18.1. The number of benzene rings is 1. The van der Waals surface area contributed by atoms with Gasteiger partial charge in [0.2, 0.25) is 0 Å². The largest absolute Gasteiger partial charge is 0.297 e. The van der Waals surface area contributed by atoms with E-state index in [-0.39, 0.29) is 33.0 Å². The van der Waals surface area contributed by atoms with E-state index in [1.54, 1.807) is 0 Å². The number of hydrogen-bond donors (Lipinski definition) is 2. The third-order valence-corrected chi connectivity index (χ3v) is 4.24. The zero-order valence-corrected chi connectivity index (χ0v) is 13.2. The highest BCUT2D eigenvalue weighted by Crippen LogP contribution is 2.32. The van der Waals surface area contributed by atoms with E-state index >= 15 is 0 Å². The molecule has 0 radical (unpaired) electrons. The van der Waals surface area contributed by atoms with E-state index in [9.17, 15) is 18.0 Å². The van der Waals surface area contributed by atoms with Crippen LogP contribution in [0, 0.1) is 0 Å². The van der Waals surface area contributed by atoms with Crippen molar-refractivity contribution in [1.82, 2.24) is 5.06 Å². The van der Waals surface area contributed by atoms with Crippen LogP contribution in [-0.2, 0) is 19.7 Å². The van der Waals surface area contributed by atoms with Gasteiger partial charge in [-0.25, -0.2) is 0 Å². The number of amides is 2. The van der Waals surface area contributed by atoms with Gasteiger partial charge in [0.15, 0.2) is 0 Å². The molecule has 0 bridgehead atoms. The smallest absolute Gasteiger partial charge is 0.282 e. The lowest BCUT2D eigenvalue weighted by molar-refractivity contribution is -0.171. The second-order valence-electron chi connectivity index (χ2n) is 3.77. The van der Waals surface area contributed by atoms with Crippen LogP contribution in [0.25, 0.3) is 0 Å². The summed E-state index contributed by atoms with van der Waals surface area (Å²) in [5.74, 6) is -1.01. The van der Waals surface area contributed by atoms with Crippen LogP contribution < -0.4 is 0 Å². The topological polar surface area (TPSA) is 112 Å². The molecule has 1 saturated heterocycles. The van der Waals surface area contributed by atoms with Crippen molar-refractivity contribution in [2.24, 2.45) is 0 Å². The van der Waals surface area contributed by atoms with Crippen LogP contribution in [0.15, 0.2) is 17.0 Å². The van der Waals surface area contributed by atoms with E-state index in [1.807, 2.05) is 0 Å². The summed E-state index contributed by atoms with van der Waals surface area (Å²) >= 11 is 16.5. The normalized spacial score (nSPS) is 15.0. The Morgan fingerprint density at radius 3 is 1.62 bits per heavy atom. The quantitative estimate of drug-likeness (QED) is 0.442. The fourth-order valence-corrected chi connectivity index (χ4v) is 3.35. The van der Waals surface area contributed by atoms with Crippen LogP contribution in [0.3, 0.4) is 0 Å². The molecule has 7 nitrogen and oxygen atoms in total. The summed E-state index contributed by atoms with van der Waals surface area (Å²) in [5, 5.41) is 8.35. The number of carbonyl (C=O) groups excluding carboxylic acids is 2. The van der Waals surface area contributed by atoms with Crippen LogP contribution in [0.2, 0.25) is 15.1 Å². The number of nitrogens with zero attached hydrogens (tertiary/aromatic N) is 1. The highest BCUT2D eigenvalue weighted by molar-refractivity contribution is 7.86. The number of imide groups is 1. The van der Waals surface area contributed by atoms with Gasteiger partial charge in [0.1, 0.15) is 4.90 Å². The third-order valence-electron chi connectivity index (χ3n) is 2.25. The fraction of sp³-hybridized carbons (Fsp3) is 0.200. The maximum atomic E-state index is 10.7. The minimum absolute atomic E-state index is 0.148. The first-order chi connectivity index (χ1) is 9.54. The van der Waals surface area contributed by atoms with Crippen LogP contribution in [-0.4, -0.2) is 35.1 Å². The van der Waals surface area contributed by atoms with Crippen molar-refractivity contribution < 1.29 is 27.8 Å². The van der Waals surface area contributed by atoms with Crippen LogP contribution in [0.1, 0.15) is 12.8 Å². The van der Waals surface area contributed by atoms with Crippen molar-refractivity contribution in [1.29, 1.82) is 0 Å². The van der Waals surface area contributed by atoms with E-state index in [4.69, 9.17) is 44.6 Å². The molecule has 0 spiro atoms. The van der Waals surface area contributed by atoms with Crippen molar-refractivity contribution in [3.63, 3.8) is 0 Å². The first-order valence-corrected chi connectivity index (χ1v) is 7.78. The van der Waals surface area contributed by atoms with Gasteiger partial charge in [-0.05, 0) is 12.1 Å². The minimum atomic E-state index is -4.40. The molecule has 116 valence electrons. The molecule has 1 aromatic rings. The zero-order chi connectivity index (χ0) is 16.4. The van der Waals surface area contributed by atoms with Gasteiger partial charge in [0.25, 0.3) is 21.9 Å². The molecule has 1 aliphatic rings. The lowest BCUT2D eigenvalue weighted by atomic mass is 10.4. The number of carbonyl (C=O) groups is 2. The Labute approximate surface area is 134 Å². The van der Waals surface area contributed by atoms with Crippen molar-refractivity contribution in [3.8, 4) is 0 Å². The summed E-state index contributed by atoms with van der Waals surface area (Å²) in [6.07, 6.45) is 0.296. The summed E-state index contributed by atoms with van der Waals surface area (Å²) in [4.78, 5) is 20.0. The van der Waals surface area contributed by atoms with Crippen molar-refractivity contribution in [2.75, 3.05) is 0 Å². The van der Waals surface area contributed by atoms with Gasteiger partial charge >= 0.3 is 0 Å². The molecule has 21 heavy (non-hydrogen) atoms. The standard InChI is InChI=1S/C6H3Cl3O3S.C4H5NO3/c7-3-1-4(8)6(5(9)2-3)13(10,11)12;6-3-1-2-4(7)5(3)8/h1-2H,(H,10,11,12);8H,1-2H2. The Balaban J connectivity index is 0.000000235. The monoisotopic (exact) mass is 375 g/mol. The predicted octanol–water partition coefficient (Wildman–Crippen LogP) is 2.42. The average Bonchev–Trinajstić information content (AvgIpc) is 2.58. The maximum absolute atomic E-state index is 10.7. The molecule has 1 aromatic carbocycles. The van der Waals surface area contributed by atoms with E-state index in [1.165, 1.54) is 12.1 Å². The van der Waals surface area contributed by atoms with Crippen molar-refractivity contribution in [3.05, 3.63) is 27.2 Å². The second-order valence-corrected chi connectivity index (χ2v) is 6.38. The van der Waals surface area contributed by atoms with Gasteiger partial charge in [0.05, 0.1) is 10.0 Å². The summed E-state index contributed by atoms with van der Waals surface area (Å²) < 4.78 is 30.2. The van der Waals surface area contributed by atoms with Crippen LogP contribution >= 0.6 is 34.8 Å². The lowest BCUT2D eigenvalue weighted by Crippen LogP contribution is -2.24. The van der Waals surface area contributed by atoms with Gasteiger partial charge in [-0.15, -0.1) is 0 Å². The van der Waals surface area contributed by atoms with Gasteiger partial charge < -0.3 is 0 Å². The zero-order valence-electron chi connectivity index (χ0n) is 10.1. The Morgan fingerprint density at radius 2 is 1.38 bits per heavy atom. The Kier molecular flexibility index (Phi) is 5.97. The Bertz CT molecular complexity index is 651. The minimum Gasteiger partial charge on any atom is -0.282 e. The predicted molar refractivity (Wildman–Crippen MR) is 74.2 cm³/mol. The summed E-state index contributed by atoms with van der Waals surface area (Å²) in [6, 6.07) is 2.36.